The Morgan fingerprint density at radius 2 is 1.60 bits per heavy atom. The van der Waals surface area contributed by atoms with Crippen LogP contribution in [0.3, 0.4) is 0 Å². The molecule has 0 heterocycles. The van der Waals surface area contributed by atoms with E-state index in [1.807, 2.05) is 36.4 Å². The van der Waals surface area contributed by atoms with E-state index in [0.29, 0.717) is 10.2 Å². The summed E-state index contributed by atoms with van der Waals surface area (Å²) < 4.78 is 6.02. The molecular formula is C27H23BrN2O5. The number of rotatable bonds is 7. The molecule has 7 nitrogen and oxygen atoms in total. The molecule has 0 aliphatic heterocycles. The van der Waals surface area contributed by atoms with Crippen LogP contribution in [-0.4, -0.2) is 35.7 Å². The first-order valence-corrected chi connectivity index (χ1v) is 12.2. The number of halogens is 1. The molecule has 3 aromatic carbocycles. The maximum atomic E-state index is 12.9. The molecular weight excluding hydrogens is 512 g/mol. The predicted octanol–water partition coefficient (Wildman–Crippen LogP) is 5.40. The maximum Gasteiger partial charge on any atom is 0.407 e. The van der Waals surface area contributed by atoms with Gasteiger partial charge in [-0.3, -0.25) is 4.79 Å². The number of benzene rings is 3. The molecule has 0 spiro atoms. The van der Waals surface area contributed by atoms with E-state index in [-0.39, 0.29) is 24.0 Å². The van der Waals surface area contributed by atoms with Gasteiger partial charge in [-0.05, 0) is 75.1 Å². The summed E-state index contributed by atoms with van der Waals surface area (Å²) in [6.45, 7) is 0.160. The molecule has 0 aromatic heterocycles. The van der Waals surface area contributed by atoms with Gasteiger partial charge in [0, 0.05) is 16.1 Å². The zero-order chi connectivity index (χ0) is 24.5. The SMILES string of the molecule is O=C(NC(C(=O)Nc1ccc(Br)c(C(=O)O)c1)C1CC1)OCC1c2ccccc2-c2ccccc21. The Labute approximate surface area is 210 Å². The molecule has 3 N–H and O–H groups in total. The lowest BCUT2D eigenvalue weighted by molar-refractivity contribution is -0.118. The molecule has 178 valence electrons. The number of carboxylic acids is 1. The van der Waals surface area contributed by atoms with Crippen LogP contribution in [-0.2, 0) is 9.53 Å². The van der Waals surface area contributed by atoms with Crippen molar-refractivity contribution in [3.05, 3.63) is 87.9 Å². The van der Waals surface area contributed by atoms with Crippen LogP contribution in [0.4, 0.5) is 10.5 Å². The smallest absolute Gasteiger partial charge is 0.407 e. The van der Waals surface area contributed by atoms with E-state index in [0.717, 1.165) is 35.1 Å². The number of alkyl carbamates (subject to hydrolysis) is 1. The Kier molecular flexibility index (Phi) is 6.30. The number of ether oxygens (including phenoxy) is 1. The normalized spacial score (nSPS) is 15.0. The second kappa shape index (κ2) is 9.54. The van der Waals surface area contributed by atoms with Gasteiger partial charge in [-0.1, -0.05) is 48.5 Å². The molecule has 1 fully saturated rings. The molecule has 5 rings (SSSR count). The molecule has 0 saturated heterocycles. The molecule has 1 saturated carbocycles. The number of aromatic carboxylic acids is 1. The summed E-state index contributed by atoms with van der Waals surface area (Å²) in [7, 11) is 0. The van der Waals surface area contributed by atoms with E-state index in [9.17, 15) is 19.5 Å². The molecule has 35 heavy (non-hydrogen) atoms. The third-order valence-electron chi connectivity index (χ3n) is 6.46. The highest BCUT2D eigenvalue weighted by Crippen LogP contribution is 2.44. The van der Waals surface area contributed by atoms with Gasteiger partial charge in [-0.15, -0.1) is 0 Å². The molecule has 3 aromatic rings. The Morgan fingerprint density at radius 3 is 2.20 bits per heavy atom. The highest BCUT2D eigenvalue weighted by Gasteiger charge is 2.38. The molecule has 0 radical (unpaired) electrons. The second-order valence-electron chi connectivity index (χ2n) is 8.77. The Hall–Kier alpha value is -3.65. The minimum Gasteiger partial charge on any atom is -0.478 e. The fourth-order valence-electron chi connectivity index (χ4n) is 4.58. The van der Waals surface area contributed by atoms with E-state index in [4.69, 9.17) is 4.74 Å². The fraction of sp³-hybridized carbons (Fsp3) is 0.222. The van der Waals surface area contributed by atoms with Crippen LogP contribution in [0.5, 0.6) is 0 Å². The van der Waals surface area contributed by atoms with Crippen molar-refractivity contribution < 1.29 is 24.2 Å². The van der Waals surface area contributed by atoms with Crippen molar-refractivity contribution >= 4 is 39.6 Å². The average molecular weight is 535 g/mol. The minimum absolute atomic E-state index is 0.0184. The molecule has 1 atom stereocenters. The Morgan fingerprint density at radius 1 is 0.971 bits per heavy atom. The molecule has 8 heteroatoms. The highest BCUT2D eigenvalue weighted by atomic mass is 79.9. The van der Waals surface area contributed by atoms with Crippen LogP contribution in [0, 0.1) is 5.92 Å². The first-order chi connectivity index (χ1) is 16.9. The van der Waals surface area contributed by atoms with Gasteiger partial charge in [0.1, 0.15) is 12.6 Å². The Balaban J connectivity index is 1.25. The van der Waals surface area contributed by atoms with Gasteiger partial charge in [0.2, 0.25) is 5.91 Å². The minimum atomic E-state index is -1.11. The lowest BCUT2D eigenvalue weighted by atomic mass is 9.98. The van der Waals surface area contributed by atoms with Crippen molar-refractivity contribution in [2.45, 2.75) is 24.8 Å². The second-order valence-corrected chi connectivity index (χ2v) is 9.63. The van der Waals surface area contributed by atoms with E-state index in [1.165, 1.54) is 6.07 Å². The van der Waals surface area contributed by atoms with Crippen molar-refractivity contribution in [3.8, 4) is 11.1 Å². The quantitative estimate of drug-likeness (QED) is 0.376. The number of carbonyl (C=O) groups is 3. The topological polar surface area (TPSA) is 105 Å². The van der Waals surface area contributed by atoms with Crippen molar-refractivity contribution in [2.75, 3.05) is 11.9 Å². The van der Waals surface area contributed by atoms with E-state index >= 15 is 0 Å². The van der Waals surface area contributed by atoms with E-state index in [2.05, 4.69) is 38.7 Å². The lowest BCUT2D eigenvalue weighted by Gasteiger charge is -2.19. The number of anilines is 1. The standard InChI is InChI=1S/C27H23BrN2O5/c28-23-12-11-16(13-21(23)26(32)33)29-25(31)24(15-9-10-15)30-27(34)35-14-22-19-7-3-1-5-17(19)18-6-2-4-8-20(18)22/h1-8,11-13,15,22,24H,9-10,14H2,(H,29,31)(H,30,34)(H,32,33). The van der Waals surface area contributed by atoms with Crippen LogP contribution in [0.25, 0.3) is 11.1 Å². The van der Waals surface area contributed by atoms with Crippen molar-refractivity contribution in [1.29, 1.82) is 0 Å². The predicted molar refractivity (Wildman–Crippen MR) is 134 cm³/mol. The molecule has 0 bridgehead atoms. The molecule has 1 unspecified atom stereocenters. The number of carbonyl (C=O) groups excluding carboxylic acids is 2. The monoisotopic (exact) mass is 534 g/mol. The fourth-order valence-corrected chi connectivity index (χ4v) is 5.00. The zero-order valence-corrected chi connectivity index (χ0v) is 20.2. The summed E-state index contributed by atoms with van der Waals surface area (Å²) in [6, 6.07) is 20.0. The summed E-state index contributed by atoms with van der Waals surface area (Å²) in [5, 5.41) is 14.7. The van der Waals surface area contributed by atoms with Crippen molar-refractivity contribution in [2.24, 2.45) is 5.92 Å². The van der Waals surface area contributed by atoms with Gasteiger partial charge in [0.15, 0.2) is 0 Å². The number of hydrogen-bond acceptors (Lipinski definition) is 4. The van der Waals surface area contributed by atoms with Crippen LogP contribution in [0.1, 0.15) is 40.2 Å². The van der Waals surface area contributed by atoms with Gasteiger partial charge < -0.3 is 20.5 Å². The first kappa shape index (κ1) is 23.1. The maximum absolute atomic E-state index is 12.9. The summed E-state index contributed by atoms with van der Waals surface area (Å²) in [4.78, 5) is 37.0. The third kappa shape index (κ3) is 4.79. The van der Waals surface area contributed by atoms with Gasteiger partial charge in [-0.2, -0.15) is 0 Å². The highest BCUT2D eigenvalue weighted by molar-refractivity contribution is 9.10. The van der Waals surface area contributed by atoms with Crippen LogP contribution in [0.2, 0.25) is 0 Å². The Bertz CT molecular complexity index is 1270. The molecule has 2 aliphatic carbocycles. The number of hydrogen-bond donors (Lipinski definition) is 3. The third-order valence-corrected chi connectivity index (χ3v) is 7.15. The van der Waals surface area contributed by atoms with Gasteiger partial charge in [-0.25, -0.2) is 9.59 Å². The van der Waals surface area contributed by atoms with Crippen molar-refractivity contribution in [1.82, 2.24) is 5.32 Å². The van der Waals surface area contributed by atoms with Crippen LogP contribution in [0.15, 0.2) is 71.2 Å². The lowest BCUT2D eigenvalue weighted by Crippen LogP contribution is -2.45. The van der Waals surface area contributed by atoms with Gasteiger partial charge in [0.05, 0.1) is 5.56 Å². The van der Waals surface area contributed by atoms with Crippen LogP contribution >= 0.6 is 15.9 Å². The van der Waals surface area contributed by atoms with Gasteiger partial charge in [0.25, 0.3) is 0 Å². The number of amides is 2. The van der Waals surface area contributed by atoms with E-state index in [1.54, 1.807) is 12.1 Å². The van der Waals surface area contributed by atoms with Gasteiger partial charge >= 0.3 is 12.1 Å². The first-order valence-electron chi connectivity index (χ1n) is 11.4. The molecule has 2 amide bonds. The largest absolute Gasteiger partial charge is 0.478 e. The number of fused-ring (bicyclic) bond motifs is 3. The summed E-state index contributed by atoms with van der Waals surface area (Å²) in [5.41, 5.74) is 4.89. The average Bonchev–Trinajstić information content (AvgIpc) is 3.64. The number of nitrogens with one attached hydrogen (secondary N) is 2. The van der Waals surface area contributed by atoms with E-state index < -0.39 is 24.0 Å². The summed E-state index contributed by atoms with van der Waals surface area (Å²) in [6.07, 6.45) is 0.992. The van der Waals surface area contributed by atoms with Crippen molar-refractivity contribution in [3.63, 3.8) is 0 Å². The molecule has 2 aliphatic rings. The summed E-state index contributed by atoms with van der Waals surface area (Å²) >= 11 is 3.19. The summed E-state index contributed by atoms with van der Waals surface area (Å²) in [5.74, 6) is -1.56. The van der Waals surface area contributed by atoms with Crippen LogP contribution < -0.4 is 10.6 Å². The zero-order valence-electron chi connectivity index (χ0n) is 18.7. The number of carboxylic acid groups (broad SMARTS) is 1.